The van der Waals surface area contributed by atoms with Crippen molar-refractivity contribution in [3.8, 4) is 0 Å². The number of amides is 2. The van der Waals surface area contributed by atoms with Crippen LogP contribution in [0.4, 0.5) is 4.79 Å². The monoisotopic (exact) mass is 260 g/mol. The fraction of sp³-hybridized carbons (Fsp3) is 0.727. The lowest BCUT2D eigenvalue weighted by molar-refractivity contribution is -0.142. The molecule has 2 atom stereocenters. The summed E-state index contributed by atoms with van der Waals surface area (Å²) in [6.07, 6.45) is -0.169. The van der Waals surface area contributed by atoms with Gasteiger partial charge >= 0.3 is 18.0 Å². The molecule has 0 aliphatic rings. The molecule has 0 aliphatic heterocycles. The SMILES string of the molecule is COC(=O)C(C)NC(=O)NC(CC(=O)O)C(C)C. The molecule has 0 aromatic carbocycles. The van der Waals surface area contributed by atoms with Crippen LogP contribution in [0, 0.1) is 5.92 Å². The molecule has 0 fully saturated rings. The fourth-order valence-corrected chi connectivity index (χ4v) is 1.28. The number of urea groups is 1. The number of hydrogen-bond acceptors (Lipinski definition) is 4. The third-order valence-electron chi connectivity index (χ3n) is 2.42. The Morgan fingerprint density at radius 3 is 2.11 bits per heavy atom. The minimum atomic E-state index is -0.991. The van der Waals surface area contributed by atoms with E-state index in [1.165, 1.54) is 14.0 Å². The summed E-state index contributed by atoms with van der Waals surface area (Å²) in [5.41, 5.74) is 0. The first-order valence-electron chi connectivity index (χ1n) is 5.64. The van der Waals surface area contributed by atoms with Gasteiger partial charge in [-0.2, -0.15) is 0 Å². The second-order valence-corrected chi connectivity index (χ2v) is 4.31. The summed E-state index contributed by atoms with van der Waals surface area (Å²) in [5.74, 6) is -1.58. The predicted molar refractivity (Wildman–Crippen MR) is 64.0 cm³/mol. The number of methoxy groups -OCH3 is 1. The lowest BCUT2D eigenvalue weighted by Crippen LogP contribution is -2.50. The summed E-state index contributed by atoms with van der Waals surface area (Å²) in [6.45, 7) is 5.09. The van der Waals surface area contributed by atoms with Gasteiger partial charge in [-0.05, 0) is 12.8 Å². The van der Waals surface area contributed by atoms with E-state index in [4.69, 9.17) is 5.11 Å². The number of hydrogen-bond donors (Lipinski definition) is 3. The highest BCUT2D eigenvalue weighted by atomic mass is 16.5. The van der Waals surface area contributed by atoms with Crippen molar-refractivity contribution in [2.45, 2.75) is 39.3 Å². The molecule has 0 aliphatic carbocycles. The minimum absolute atomic E-state index is 0.0275. The summed E-state index contributed by atoms with van der Waals surface area (Å²) < 4.78 is 4.45. The molecule has 0 rings (SSSR count). The van der Waals surface area contributed by atoms with Gasteiger partial charge in [0.2, 0.25) is 0 Å². The zero-order valence-corrected chi connectivity index (χ0v) is 11.0. The summed E-state index contributed by atoms with van der Waals surface area (Å²) >= 11 is 0. The first-order valence-corrected chi connectivity index (χ1v) is 5.64. The number of carbonyl (C=O) groups excluding carboxylic acids is 2. The van der Waals surface area contributed by atoms with Gasteiger partial charge < -0.3 is 20.5 Å². The zero-order valence-electron chi connectivity index (χ0n) is 11.0. The number of esters is 1. The molecule has 0 radical (unpaired) electrons. The topological polar surface area (TPSA) is 105 Å². The van der Waals surface area contributed by atoms with Crippen LogP contribution in [0.25, 0.3) is 0 Å². The van der Waals surface area contributed by atoms with E-state index < -0.39 is 30.1 Å². The predicted octanol–water partition coefficient (Wildman–Crippen LogP) is 0.346. The number of rotatable bonds is 6. The molecular weight excluding hydrogens is 240 g/mol. The van der Waals surface area contributed by atoms with Gasteiger partial charge in [-0.3, -0.25) is 4.79 Å². The normalized spacial score (nSPS) is 13.6. The van der Waals surface area contributed by atoms with E-state index in [0.717, 1.165) is 0 Å². The molecule has 0 saturated carbocycles. The maximum atomic E-state index is 11.5. The molecule has 2 amide bonds. The van der Waals surface area contributed by atoms with Gasteiger partial charge in [0.05, 0.1) is 13.5 Å². The van der Waals surface area contributed by atoms with Gasteiger partial charge in [-0.15, -0.1) is 0 Å². The van der Waals surface area contributed by atoms with Crippen LogP contribution in [-0.2, 0) is 14.3 Å². The smallest absolute Gasteiger partial charge is 0.328 e. The van der Waals surface area contributed by atoms with Crippen molar-refractivity contribution in [3.05, 3.63) is 0 Å². The van der Waals surface area contributed by atoms with Crippen molar-refractivity contribution in [1.29, 1.82) is 0 Å². The Bertz CT molecular complexity index is 317. The molecule has 0 heterocycles. The van der Waals surface area contributed by atoms with Crippen LogP contribution in [0.1, 0.15) is 27.2 Å². The fourth-order valence-electron chi connectivity index (χ4n) is 1.28. The molecule has 0 aromatic heterocycles. The molecule has 7 heteroatoms. The molecule has 104 valence electrons. The third kappa shape index (κ3) is 6.07. The van der Waals surface area contributed by atoms with Crippen molar-refractivity contribution in [2.75, 3.05) is 7.11 Å². The van der Waals surface area contributed by atoms with Crippen LogP contribution in [0.2, 0.25) is 0 Å². The Labute approximate surface area is 106 Å². The Balaban J connectivity index is 4.34. The number of aliphatic carboxylic acids is 1. The quantitative estimate of drug-likeness (QED) is 0.597. The van der Waals surface area contributed by atoms with Gasteiger partial charge in [0.25, 0.3) is 0 Å². The van der Waals surface area contributed by atoms with Crippen molar-refractivity contribution < 1.29 is 24.2 Å². The molecule has 18 heavy (non-hydrogen) atoms. The van der Waals surface area contributed by atoms with Crippen LogP contribution >= 0.6 is 0 Å². The average molecular weight is 260 g/mol. The van der Waals surface area contributed by atoms with Crippen molar-refractivity contribution in [3.63, 3.8) is 0 Å². The largest absolute Gasteiger partial charge is 0.481 e. The molecule has 0 saturated heterocycles. The first kappa shape index (κ1) is 16.2. The Morgan fingerprint density at radius 1 is 1.17 bits per heavy atom. The third-order valence-corrected chi connectivity index (χ3v) is 2.42. The van der Waals surface area contributed by atoms with Crippen LogP contribution in [0.15, 0.2) is 0 Å². The van der Waals surface area contributed by atoms with Gasteiger partial charge in [-0.1, -0.05) is 13.8 Å². The standard InChI is InChI=1S/C11H20N2O5/c1-6(2)8(5-9(14)15)13-11(17)12-7(3)10(16)18-4/h6-8H,5H2,1-4H3,(H,14,15)(H2,12,13,17). The van der Waals surface area contributed by atoms with E-state index in [2.05, 4.69) is 15.4 Å². The minimum Gasteiger partial charge on any atom is -0.481 e. The highest BCUT2D eigenvalue weighted by Crippen LogP contribution is 2.05. The average Bonchev–Trinajstić information content (AvgIpc) is 2.25. The van der Waals surface area contributed by atoms with Gasteiger partial charge in [0.15, 0.2) is 0 Å². The number of nitrogens with one attached hydrogen (secondary N) is 2. The van der Waals surface area contributed by atoms with Crippen LogP contribution in [-0.4, -0.2) is 42.3 Å². The summed E-state index contributed by atoms with van der Waals surface area (Å²) in [7, 11) is 1.22. The van der Waals surface area contributed by atoms with Crippen molar-refractivity contribution >= 4 is 18.0 Å². The molecule has 7 nitrogen and oxygen atoms in total. The van der Waals surface area contributed by atoms with Gasteiger partial charge in [-0.25, -0.2) is 9.59 Å². The van der Waals surface area contributed by atoms with Crippen molar-refractivity contribution in [2.24, 2.45) is 5.92 Å². The van der Waals surface area contributed by atoms with E-state index in [1.54, 1.807) is 13.8 Å². The summed E-state index contributed by atoms with van der Waals surface area (Å²) in [6, 6.07) is -1.87. The second kappa shape index (κ2) is 7.52. The first-order chi connectivity index (χ1) is 8.27. The van der Waals surface area contributed by atoms with E-state index >= 15 is 0 Å². The molecule has 0 spiro atoms. The summed E-state index contributed by atoms with van der Waals surface area (Å²) in [4.78, 5) is 33.3. The summed E-state index contributed by atoms with van der Waals surface area (Å²) in [5, 5.41) is 13.6. The zero-order chi connectivity index (χ0) is 14.3. The molecule has 0 aromatic rings. The van der Waals surface area contributed by atoms with E-state index in [-0.39, 0.29) is 12.3 Å². The number of carboxylic acid groups (broad SMARTS) is 1. The second-order valence-electron chi connectivity index (χ2n) is 4.31. The van der Waals surface area contributed by atoms with Crippen LogP contribution in [0.5, 0.6) is 0 Å². The Morgan fingerprint density at radius 2 is 1.72 bits per heavy atom. The van der Waals surface area contributed by atoms with E-state index in [9.17, 15) is 14.4 Å². The van der Waals surface area contributed by atoms with Crippen molar-refractivity contribution in [1.82, 2.24) is 10.6 Å². The van der Waals surface area contributed by atoms with Gasteiger partial charge in [0, 0.05) is 6.04 Å². The van der Waals surface area contributed by atoms with Gasteiger partial charge in [0.1, 0.15) is 6.04 Å². The molecule has 0 bridgehead atoms. The number of carbonyl (C=O) groups is 3. The molecule has 3 N–H and O–H groups in total. The Kier molecular flexibility index (Phi) is 6.77. The van der Waals surface area contributed by atoms with E-state index in [0.29, 0.717) is 0 Å². The lowest BCUT2D eigenvalue weighted by Gasteiger charge is -2.22. The Hall–Kier alpha value is -1.79. The van der Waals surface area contributed by atoms with E-state index in [1.807, 2.05) is 0 Å². The maximum absolute atomic E-state index is 11.5. The number of carboxylic acids is 1. The maximum Gasteiger partial charge on any atom is 0.328 e. The van der Waals surface area contributed by atoms with Crippen LogP contribution in [0.3, 0.4) is 0 Å². The highest BCUT2D eigenvalue weighted by Gasteiger charge is 2.21. The molecule has 2 unspecified atom stereocenters. The lowest BCUT2D eigenvalue weighted by atomic mass is 10.0. The molecular formula is C11H20N2O5. The van der Waals surface area contributed by atoms with Crippen LogP contribution < -0.4 is 10.6 Å². The highest BCUT2D eigenvalue weighted by molar-refractivity contribution is 5.83. The number of ether oxygens (including phenoxy) is 1.